The zero-order chi connectivity index (χ0) is 89.4. The summed E-state index contributed by atoms with van der Waals surface area (Å²) >= 11 is 67.8. The Bertz CT molecular complexity index is 9000. The van der Waals surface area contributed by atoms with Crippen molar-refractivity contribution in [3.8, 4) is 55.6 Å². The van der Waals surface area contributed by atoms with Crippen molar-refractivity contribution >= 4 is 377 Å². The summed E-state index contributed by atoms with van der Waals surface area (Å²) in [6, 6.07) is 126. The van der Waals surface area contributed by atoms with E-state index in [0.717, 1.165) is 101 Å². The van der Waals surface area contributed by atoms with Crippen molar-refractivity contribution in [3.05, 3.63) is 421 Å². The second-order valence-corrected chi connectivity index (χ2v) is 43.9. The zero-order valence-electron chi connectivity index (χ0n) is 68.0. The van der Waals surface area contributed by atoms with Crippen LogP contribution in [0.1, 0.15) is 0 Å². The van der Waals surface area contributed by atoms with Crippen LogP contribution in [0.15, 0.2) is 400 Å². The molecular formula is C112H60Br6Cl6O2S5. The summed E-state index contributed by atoms with van der Waals surface area (Å²) in [5.41, 5.74) is 15.7. The van der Waals surface area contributed by atoms with Gasteiger partial charge < -0.3 is 8.83 Å². The van der Waals surface area contributed by atoms with Crippen LogP contribution in [-0.2, 0) is 0 Å². The molecule has 2 nitrogen and oxygen atoms in total. The number of benzene rings is 19. The maximum Gasteiger partial charge on any atom is 0.137 e. The lowest BCUT2D eigenvalue weighted by atomic mass is 9.98. The molecular weight excluding hydrogens is 2230 g/mol. The van der Waals surface area contributed by atoms with Crippen molar-refractivity contribution in [3.63, 3.8) is 0 Å². The maximum absolute atomic E-state index is 6.53. The van der Waals surface area contributed by atoms with Crippen molar-refractivity contribution in [2.75, 3.05) is 0 Å². The number of hydrogen-bond donors (Lipinski definition) is 0. The third-order valence-electron chi connectivity index (χ3n) is 23.1. The molecule has 0 aliphatic rings. The van der Waals surface area contributed by atoms with Crippen molar-refractivity contribution in [1.29, 1.82) is 0 Å². The van der Waals surface area contributed by atoms with Gasteiger partial charge in [-0.3, -0.25) is 0 Å². The van der Waals surface area contributed by atoms with Crippen LogP contribution in [0.3, 0.4) is 0 Å². The molecule has 0 radical (unpaired) electrons. The van der Waals surface area contributed by atoms with E-state index in [-0.39, 0.29) is 0 Å². The third-order valence-corrected chi connectivity index (χ3v) is 36.2. The number of thiophene rings is 5. The van der Waals surface area contributed by atoms with Crippen molar-refractivity contribution in [2.45, 2.75) is 0 Å². The molecule has 19 heteroatoms. The van der Waals surface area contributed by atoms with Crippen LogP contribution in [0, 0.1) is 0 Å². The minimum Gasteiger partial charge on any atom is -0.456 e. The summed E-state index contributed by atoms with van der Waals surface area (Å²) < 4.78 is 30.5. The second-order valence-electron chi connectivity index (χ2n) is 31.0. The van der Waals surface area contributed by atoms with Gasteiger partial charge in [0.25, 0.3) is 0 Å². The van der Waals surface area contributed by atoms with Gasteiger partial charge in [-0.25, -0.2) is 0 Å². The first-order valence-corrected chi connectivity index (χ1v) is 52.3. The first-order chi connectivity index (χ1) is 63.9. The Morgan fingerprint density at radius 1 is 0.191 bits per heavy atom. The highest BCUT2D eigenvalue weighted by Gasteiger charge is 2.21. The Morgan fingerprint density at radius 2 is 0.679 bits per heavy atom. The van der Waals surface area contributed by atoms with Crippen LogP contribution in [0.4, 0.5) is 0 Å². The monoisotopic (exact) mass is 2280 g/mol. The number of fused-ring (bicyclic) bond motifs is 22. The molecule has 19 aromatic carbocycles. The molecule has 0 saturated carbocycles. The van der Waals surface area contributed by atoms with Gasteiger partial charge in [-0.05, 0) is 267 Å². The maximum atomic E-state index is 6.53. The summed E-state index contributed by atoms with van der Waals surface area (Å²) in [6.45, 7) is 0. The minimum absolute atomic E-state index is 0.706. The van der Waals surface area contributed by atoms with Crippen LogP contribution in [0.2, 0.25) is 30.1 Å². The number of furan rings is 2. The fraction of sp³-hybridized carbons (Fsp3) is 0. The van der Waals surface area contributed by atoms with Gasteiger partial charge in [0, 0.05) is 160 Å². The standard InChI is InChI=1S/C28H16BrClS.C24H12BrClOS.2C18H10BrClS.C12H6BrClO.C12H6BrClS/c29-25-15-21(18-10-12-22(30)13-11-18)16-26-27(25)24-7-3-6-23(28(24)31-26)20-9-8-17-4-1-2-5-19(17)14-20;25-18-11-10-16-15-9-8-13(12-21(15)28-24(16)23(18)26)14-5-3-7-20-22(14)17-4-1-2-6-19(17)27-20;19-16-9-3-8-15-14-7-2-6-13(17(14)21-18(15)16)11-4-1-5-12(20)10-11;19-15-9-14-13-8-4-7-12(11-5-2-1-3-6-11)18(13)21-17(14)10-16(15)20;13-8-5-6-10-11(12(8)14)7-3-1-2-4-9(7)15-10;13-10-6-7(14)5-9-8-3-1-2-4-11(8)15-12(9)10/h1-16H;1-12H;2*1-10H;2*1-6H. The Hall–Kier alpha value is -9.24. The van der Waals surface area contributed by atoms with E-state index in [1.807, 2.05) is 138 Å². The van der Waals surface area contributed by atoms with E-state index in [1.165, 1.54) is 162 Å². The van der Waals surface area contributed by atoms with Gasteiger partial charge in [-0.1, -0.05) is 328 Å². The largest absolute Gasteiger partial charge is 0.456 e. The Labute approximate surface area is 852 Å². The van der Waals surface area contributed by atoms with Crippen molar-refractivity contribution in [1.82, 2.24) is 0 Å². The number of halogens is 12. The van der Waals surface area contributed by atoms with Gasteiger partial charge in [0.15, 0.2) is 0 Å². The average Bonchev–Trinajstić information content (AvgIpc) is 1.61. The van der Waals surface area contributed by atoms with Gasteiger partial charge >= 0.3 is 0 Å². The van der Waals surface area contributed by atoms with E-state index < -0.39 is 0 Å². The molecule has 0 N–H and O–H groups in total. The summed E-state index contributed by atoms with van der Waals surface area (Å²) in [7, 11) is 0. The topological polar surface area (TPSA) is 26.3 Å². The smallest absolute Gasteiger partial charge is 0.137 e. The van der Waals surface area contributed by atoms with Gasteiger partial charge in [-0.15, -0.1) is 56.7 Å². The highest BCUT2D eigenvalue weighted by Crippen LogP contribution is 2.51. The van der Waals surface area contributed by atoms with E-state index in [9.17, 15) is 0 Å². The molecule has 0 aliphatic carbocycles. The Balaban J connectivity index is 0.0000000968. The number of rotatable bonds is 5. The molecule has 0 bridgehead atoms. The SMILES string of the molecule is Clc1c(Br)ccc2c1sc1cc(-c3cccc4oc5ccccc5c34)ccc12.Clc1c(Br)ccc2oc3ccccc3c12.Clc1cc(Br)c2sc3ccccc3c2c1.Clc1cc2sc3c(-c4ccccc4)cccc3c2cc1Br.Clc1ccc(-c2cc(Br)c3c(c2)sc2c(-c4ccc5ccccc5c4)cccc23)cc1.Clc1cccc(-c2cccc3c2sc2c(Br)cccc23)c1. The highest BCUT2D eigenvalue weighted by molar-refractivity contribution is 9.11. The first kappa shape index (κ1) is 88.4. The van der Waals surface area contributed by atoms with Crippen LogP contribution < -0.4 is 0 Å². The van der Waals surface area contributed by atoms with E-state index in [0.29, 0.717) is 5.02 Å². The average molecular weight is 2290 g/mol. The molecule has 26 rings (SSSR count). The second kappa shape index (κ2) is 37.9. The predicted octanol–water partition coefficient (Wildman–Crippen LogP) is 43.7. The summed E-state index contributed by atoms with van der Waals surface area (Å²) in [4.78, 5) is 0. The molecule has 7 heterocycles. The van der Waals surface area contributed by atoms with Crippen LogP contribution in [0.5, 0.6) is 0 Å². The molecule has 0 aliphatic heterocycles. The Morgan fingerprint density at radius 3 is 1.44 bits per heavy atom. The molecule has 0 fully saturated rings. The Kier molecular flexibility index (Phi) is 25.6. The first-order valence-electron chi connectivity index (χ1n) is 41.2. The normalized spacial score (nSPS) is 11.5. The van der Waals surface area contributed by atoms with Gasteiger partial charge in [0.2, 0.25) is 0 Å². The molecule has 0 unspecified atom stereocenters. The van der Waals surface area contributed by atoms with Crippen LogP contribution >= 0.6 is 222 Å². The summed E-state index contributed by atoms with van der Waals surface area (Å²) in [6.07, 6.45) is 0. The molecule has 0 saturated heterocycles. The van der Waals surface area contributed by atoms with Gasteiger partial charge in [0.05, 0.1) is 19.8 Å². The van der Waals surface area contributed by atoms with E-state index in [1.54, 1.807) is 34.0 Å². The van der Waals surface area contributed by atoms with Gasteiger partial charge in [-0.2, -0.15) is 0 Å². The predicted molar refractivity (Wildman–Crippen MR) is 599 cm³/mol. The molecule has 634 valence electrons. The quantitative estimate of drug-likeness (QED) is 0.172. The molecule has 131 heavy (non-hydrogen) atoms. The van der Waals surface area contributed by atoms with Crippen LogP contribution in [-0.4, -0.2) is 0 Å². The summed E-state index contributed by atoms with van der Waals surface area (Å²) in [5.74, 6) is 0. The molecule has 0 atom stereocenters. The van der Waals surface area contributed by atoms with E-state index >= 15 is 0 Å². The van der Waals surface area contributed by atoms with Crippen molar-refractivity contribution < 1.29 is 8.83 Å². The van der Waals surface area contributed by atoms with Crippen LogP contribution in [0.25, 0.3) is 211 Å². The van der Waals surface area contributed by atoms with Crippen molar-refractivity contribution in [2.24, 2.45) is 0 Å². The van der Waals surface area contributed by atoms with E-state index in [2.05, 4.69) is 344 Å². The van der Waals surface area contributed by atoms with E-state index in [4.69, 9.17) is 78.4 Å². The number of hydrogen-bond acceptors (Lipinski definition) is 7. The molecule has 0 amide bonds. The molecule has 26 aromatic rings. The zero-order valence-corrected chi connectivity index (χ0v) is 86.2. The third kappa shape index (κ3) is 17.4. The fourth-order valence-electron chi connectivity index (χ4n) is 17.0. The summed E-state index contributed by atoms with van der Waals surface area (Å²) in [5, 5.41) is 24.1. The molecule has 7 aromatic heterocycles. The minimum atomic E-state index is 0.706. The highest BCUT2D eigenvalue weighted by atomic mass is 79.9. The number of para-hydroxylation sites is 2. The molecule has 0 spiro atoms. The van der Waals surface area contributed by atoms with Gasteiger partial charge in [0.1, 0.15) is 22.3 Å². The lowest BCUT2D eigenvalue weighted by Gasteiger charge is -2.06. The lowest BCUT2D eigenvalue weighted by molar-refractivity contribution is 0.668. The lowest BCUT2D eigenvalue weighted by Crippen LogP contribution is -1.80. The fourth-order valence-corrected chi connectivity index (χ4v) is 27.8.